The zero-order valence-electron chi connectivity index (χ0n) is 19.3. The fourth-order valence-electron chi connectivity index (χ4n) is 8.39. The zero-order valence-corrected chi connectivity index (χ0v) is 19.3. The van der Waals surface area contributed by atoms with E-state index in [-0.39, 0.29) is 12.2 Å². The molecule has 0 bridgehead atoms. The lowest BCUT2D eigenvalue weighted by molar-refractivity contribution is -0.0556. The molecule has 0 aliphatic heterocycles. The smallest absolute Gasteiger partial charge is 0.0577 e. The summed E-state index contributed by atoms with van der Waals surface area (Å²) in [6.45, 7) is 7.36. The van der Waals surface area contributed by atoms with Gasteiger partial charge in [-0.15, -0.1) is 0 Å². The Hall–Kier alpha value is -0.340. The van der Waals surface area contributed by atoms with Crippen LogP contribution in [0.5, 0.6) is 0 Å². The molecule has 0 saturated heterocycles. The molecule has 2 heteroatoms. The van der Waals surface area contributed by atoms with Gasteiger partial charge in [-0.05, 0) is 98.7 Å². The highest BCUT2D eigenvalue weighted by Crippen LogP contribution is 2.66. The van der Waals surface area contributed by atoms with Gasteiger partial charge in [0.15, 0.2) is 0 Å². The second kappa shape index (κ2) is 8.65. The van der Waals surface area contributed by atoms with E-state index in [1.165, 1.54) is 64.2 Å². The third-order valence-electron chi connectivity index (χ3n) is 10.2. The molecule has 3 fully saturated rings. The molecule has 0 aromatic rings. The summed E-state index contributed by atoms with van der Waals surface area (Å²) in [5.74, 6) is 3.23. The first-order chi connectivity index (χ1) is 13.9. The molecule has 3 saturated carbocycles. The highest BCUT2D eigenvalue weighted by molar-refractivity contribution is 5.25. The Labute approximate surface area is 179 Å². The third kappa shape index (κ3) is 3.98. The fraction of sp³-hybridized carbons (Fsp3) is 0.926. The lowest BCUT2D eigenvalue weighted by Crippen LogP contribution is -2.50. The van der Waals surface area contributed by atoms with Gasteiger partial charge < -0.3 is 10.2 Å². The normalized spacial score (nSPS) is 45.1. The van der Waals surface area contributed by atoms with E-state index < -0.39 is 0 Å². The van der Waals surface area contributed by atoms with E-state index in [1.54, 1.807) is 5.57 Å². The molecule has 1 unspecified atom stereocenters. The Balaban J connectivity index is 1.42. The third-order valence-corrected chi connectivity index (χ3v) is 10.2. The van der Waals surface area contributed by atoms with Crippen LogP contribution in [0.15, 0.2) is 11.6 Å². The average Bonchev–Trinajstić information content (AvgIpc) is 3.02. The number of aliphatic hydroxyl groups is 2. The molecule has 4 aliphatic carbocycles. The van der Waals surface area contributed by atoms with Gasteiger partial charge in [-0.3, -0.25) is 0 Å². The van der Waals surface area contributed by atoms with Gasteiger partial charge in [0.25, 0.3) is 0 Å². The fourth-order valence-corrected chi connectivity index (χ4v) is 8.39. The van der Waals surface area contributed by atoms with Crippen LogP contribution in [-0.4, -0.2) is 22.4 Å². The van der Waals surface area contributed by atoms with Crippen molar-refractivity contribution in [1.82, 2.24) is 0 Å². The summed E-state index contributed by atoms with van der Waals surface area (Å²) < 4.78 is 0. The number of rotatable bonds is 7. The number of allylic oxidation sites excluding steroid dienone is 1. The molecule has 0 radical (unpaired) electrons. The number of unbranched alkanes of at least 4 members (excludes halogenated alkanes) is 3. The van der Waals surface area contributed by atoms with Crippen LogP contribution in [0.25, 0.3) is 0 Å². The van der Waals surface area contributed by atoms with Crippen molar-refractivity contribution in [2.45, 2.75) is 123 Å². The van der Waals surface area contributed by atoms with E-state index in [9.17, 15) is 10.2 Å². The number of fused-ring (bicyclic) bond motifs is 5. The van der Waals surface area contributed by atoms with Crippen LogP contribution in [-0.2, 0) is 0 Å². The quantitative estimate of drug-likeness (QED) is 0.370. The van der Waals surface area contributed by atoms with E-state index in [4.69, 9.17) is 0 Å². The molecule has 0 amide bonds. The Morgan fingerprint density at radius 1 is 1.03 bits per heavy atom. The molecule has 2 nitrogen and oxygen atoms in total. The molecule has 4 rings (SSSR count). The van der Waals surface area contributed by atoms with Crippen molar-refractivity contribution in [3.05, 3.63) is 11.6 Å². The van der Waals surface area contributed by atoms with Gasteiger partial charge in [0.1, 0.15) is 0 Å². The molecule has 0 aromatic heterocycles. The first kappa shape index (κ1) is 21.9. The maximum absolute atomic E-state index is 10.7. The van der Waals surface area contributed by atoms with E-state index in [2.05, 4.69) is 26.8 Å². The minimum absolute atomic E-state index is 0.0830. The number of hydrogen-bond donors (Lipinski definition) is 2. The van der Waals surface area contributed by atoms with Crippen LogP contribution in [0.2, 0.25) is 0 Å². The van der Waals surface area contributed by atoms with Crippen molar-refractivity contribution in [3.63, 3.8) is 0 Å². The standard InChI is InChI=1S/C27H46O2/c1-4-5-6-7-8-21(28)17-20-10-12-24-23-11-9-19-18-22(29)13-15-26(19,2)25(23)14-16-27(20,24)3/h9,20-25,28-29H,4-8,10-18H2,1-3H3/t20-,21?,22+,23+,24+,25+,26+,27-/m1/s1. The minimum Gasteiger partial charge on any atom is -0.393 e. The second-order valence-corrected chi connectivity index (χ2v) is 11.7. The van der Waals surface area contributed by atoms with Gasteiger partial charge in [-0.2, -0.15) is 0 Å². The summed E-state index contributed by atoms with van der Waals surface area (Å²) in [4.78, 5) is 0. The first-order valence-electron chi connectivity index (χ1n) is 12.9. The van der Waals surface area contributed by atoms with Gasteiger partial charge in [0.2, 0.25) is 0 Å². The summed E-state index contributed by atoms with van der Waals surface area (Å²) in [5, 5.41) is 20.9. The molecule has 0 heterocycles. The Morgan fingerprint density at radius 3 is 2.66 bits per heavy atom. The molecule has 0 aromatic carbocycles. The lowest BCUT2D eigenvalue weighted by Gasteiger charge is -2.58. The average molecular weight is 403 g/mol. The van der Waals surface area contributed by atoms with Gasteiger partial charge >= 0.3 is 0 Å². The number of aliphatic hydroxyl groups excluding tert-OH is 2. The Morgan fingerprint density at radius 2 is 1.86 bits per heavy atom. The highest BCUT2D eigenvalue weighted by atomic mass is 16.3. The van der Waals surface area contributed by atoms with Crippen LogP contribution in [0.3, 0.4) is 0 Å². The molecule has 0 spiro atoms. The predicted octanol–water partition coefficient (Wildman–Crippen LogP) is 6.65. The molecule has 4 aliphatic rings. The molecular weight excluding hydrogens is 356 g/mol. The molecule has 166 valence electrons. The van der Waals surface area contributed by atoms with Crippen molar-refractivity contribution >= 4 is 0 Å². The lowest BCUT2D eigenvalue weighted by atomic mass is 9.47. The molecular formula is C27H46O2. The minimum atomic E-state index is -0.102. The van der Waals surface area contributed by atoms with Crippen molar-refractivity contribution in [2.24, 2.45) is 34.5 Å². The van der Waals surface area contributed by atoms with Gasteiger partial charge in [-0.25, -0.2) is 0 Å². The van der Waals surface area contributed by atoms with Crippen molar-refractivity contribution in [2.75, 3.05) is 0 Å². The van der Waals surface area contributed by atoms with Crippen LogP contribution >= 0.6 is 0 Å². The highest BCUT2D eigenvalue weighted by Gasteiger charge is 2.58. The molecule has 2 N–H and O–H groups in total. The maximum Gasteiger partial charge on any atom is 0.0577 e. The largest absolute Gasteiger partial charge is 0.393 e. The SMILES string of the molecule is CCCCCCC(O)C[C@H]1CC[C@H]2[C@@H]3CC=C4C[C@@H](O)CC[C@]4(C)[C@H]3CC[C@]12C. The van der Waals surface area contributed by atoms with Crippen molar-refractivity contribution in [3.8, 4) is 0 Å². The van der Waals surface area contributed by atoms with Crippen molar-refractivity contribution < 1.29 is 10.2 Å². The zero-order chi connectivity index (χ0) is 20.6. The summed E-state index contributed by atoms with van der Waals surface area (Å²) in [7, 11) is 0. The Kier molecular flexibility index (Phi) is 6.53. The van der Waals surface area contributed by atoms with Crippen LogP contribution in [0.1, 0.15) is 111 Å². The van der Waals surface area contributed by atoms with Crippen LogP contribution < -0.4 is 0 Å². The first-order valence-corrected chi connectivity index (χ1v) is 12.9. The second-order valence-electron chi connectivity index (χ2n) is 11.7. The summed E-state index contributed by atoms with van der Waals surface area (Å²) in [6.07, 6.45) is 19.3. The summed E-state index contributed by atoms with van der Waals surface area (Å²) in [6, 6.07) is 0. The van der Waals surface area contributed by atoms with Gasteiger partial charge in [-0.1, -0.05) is 58.1 Å². The summed E-state index contributed by atoms with van der Waals surface area (Å²) >= 11 is 0. The van der Waals surface area contributed by atoms with Crippen LogP contribution in [0.4, 0.5) is 0 Å². The van der Waals surface area contributed by atoms with Gasteiger partial charge in [0.05, 0.1) is 12.2 Å². The molecule has 8 atom stereocenters. The van der Waals surface area contributed by atoms with Crippen molar-refractivity contribution in [1.29, 1.82) is 0 Å². The van der Waals surface area contributed by atoms with Crippen LogP contribution in [0, 0.1) is 34.5 Å². The summed E-state index contributed by atoms with van der Waals surface area (Å²) in [5.41, 5.74) is 2.38. The van der Waals surface area contributed by atoms with E-state index in [0.717, 1.165) is 49.4 Å². The molecule has 29 heavy (non-hydrogen) atoms. The van der Waals surface area contributed by atoms with E-state index in [0.29, 0.717) is 10.8 Å². The Bertz CT molecular complexity index is 597. The van der Waals surface area contributed by atoms with E-state index >= 15 is 0 Å². The monoisotopic (exact) mass is 402 g/mol. The van der Waals surface area contributed by atoms with E-state index in [1.807, 2.05) is 0 Å². The number of hydrogen-bond acceptors (Lipinski definition) is 2. The van der Waals surface area contributed by atoms with Gasteiger partial charge in [0, 0.05) is 0 Å². The maximum atomic E-state index is 10.7. The topological polar surface area (TPSA) is 40.5 Å². The predicted molar refractivity (Wildman–Crippen MR) is 121 cm³/mol.